The van der Waals surface area contributed by atoms with Gasteiger partial charge in [-0.2, -0.15) is 0 Å². The number of anilines is 1. The molecule has 0 atom stereocenters. The van der Waals surface area contributed by atoms with Crippen LogP contribution >= 0.6 is 0 Å². The molecule has 0 saturated carbocycles. The third-order valence-corrected chi connectivity index (χ3v) is 3.04. The van der Waals surface area contributed by atoms with Gasteiger partial charge in [-0.25, -0.2) is 4.39 Å². The number of nitrogens with one attached hydrogen (secondary N) is 1. The van der Waals surface area contributed by atoms with Crippen molar-refractivity contribution in [2.75, 3.05) is 24.6 Å². The Hall–Kier alpha value is -1.13. The number of halogens is 1. The van der Waals surface area contributed by atoms with Crippen molar-refractivity contribution in [3.63, 3.8) is 0 Å². The van der Waals surface area contributed by atoms with E-state index in [1.165, 1.54) is 0 Å². The maximum atomic E-state index is 14.2. The fourth-order valence-electron chi connectivity index (χ4n) is 2.03. The molecule has 0 aromatic heterocycles. The molecule has 0 radical (unpaired) electrons. The summed E-state index contributed by atoms with van der Waals surface area (Å²) in [6.07, 6.45) is 0.923. The van der Waals surface area contributed by atoms with Crippen LogP contribution in [0.3, 0.4) is 0 Å². The highest BCUT2D eigenvalue weighted by Crippen LogP contribution is 2.21. The number of hydrogen-bond donors (Lipinski definition) is 2. The molecule has 1 aromatic carbocycles. The Balaban J connectivity index is 2.80. The lowest BCUT2D eigenvalue weighted by Crippen LogP contribution is -2.35. The molecule has 0 amide bonds. The van der Waals surface area contributed by atoms with Crippen LogP contribution in [-0.2, 0) is 6.54 Å². The summed E-state index contributed by atoms with van der Waals surface area (Å²) in [5, 5.41) is 12.4. The van der Waals surface area contributed by atoms with Crippen LogP contribution < -0.4 is 10.2 Å². The summed E-state index contributed by atoms with van der Waals surface area (Å²) in [4.78, 5) is 1.89. The van der Waals surface area contributed by atoms with Crippen LogP contribution in [0.1, 0.15) is 39.7 Å². The molecule has 2 N–H and O–H groups in total. The monoisotopic (exact) mass is 282 g/mol. The summed E-state index contributed by atoms with van der Waals surface area (Å²) >= 11 is 0. The van der Waals surface area contributed by atoms with Gasteiger partial charge < -0.3 is 15.3 Å². The summed E-state index contributed by atoms with van der Waals surface area (Å²) in [7, 11) is 0. The predicted octanol–water partition coefficient (Wildman–Crippen LogP) is 2.92. The molecule has 0 aliphatic carbocycles. The Morgan fingerprint density at radius 2 is 1.95 bits per heavy atom. The molecule has 0 aliphatic rings. The summed E-state index contributed by atoms with van der Waals surface area (Å²) in [6.45, 7) is 10.2. The minimum atomic E-state index is -0.222. The van der Waals surface area contributed by atoms with E-state index in [1.807, 2.05) is 17.9 Å². The number of benzene rings is 1. The summed E-state index contributed by atoms with van der Waals surface area (Å²) in [6, 6.07) is 5.33. The predicted molar refractivity (Wildman–Crippen MR) is 82.6 cm³/mol. The molecule has 0 saturated heterocycles. The molecule has 0 heterocycles. The SMILES string of the molecule is CCCN(CCO)c1ccc(CNC(C)(C)C)cc1F. The third-order valence-electron chi connectivity index (χ3n) is 3.04. The van der Waals surface area contributed by atoms with Gasteiger partial charge in [-0.3, -0.25) is 0 Å². The molecule has 3 nitrogen and oxygen atoms in total. The molecule has 0 bridgehead atoms. The van der Waals surface area contributed by atoms with E-state index >= 15 is 0 Å². The van der Waals surface area contributed by atoms with E-state index < -0.39 is 0 Å². The van der Waals surface area contributed by atoms with Crippen LogP contribution in [0.5, 0.6) is 0 Å². The van der Waals surface area contributed by atoms with Crippen molar-refractivity contribution in [2.24, 2.45) is 0 Å². The molecular weight excluding hydrogens is 255 g/mol. The number of aliphatic hydroxyl groups is 1. The first kappa shape index (κ1) is 16.9. The van der Waals surface area contributed by atoms with E-state index in [4.69, 9.17) is 5.11 Å². The highest BCUT2D eigenvalue weighted by Gasteiger charge is 2.13. The first-order valence-electron chi connectivity index (χ1n) is 7.26. The largest absolute Gasteiger partial charge is 0.395 e. The Bertz CT molecular complexity index is 409. The van der Waals surface area contributed by atoms with Gasteiger partial charge in [0.05, 0.1) is 12.3 Å². The zero-order chi connectivity index (χ0) is 15.2. The van der Waals surface area contributed by atoms with Crippen molar-refractivity contribution in [1.82, 2.24) is 5.32 Å². The van der Waals surface area contributed by atoms with Crippen LogP contribution in [0.25, 0.3) is 0 Å². The number of rotatable bonds is 7. The summed E-state index contributed by atoms with van der Waals surface area (Å²) in [5.74, 6) is -0.222. The molecule has 0 spiro atoms. The zero-order valence-electron chi connectivity index (χ0n) is 13.0. The van der Waals surface area contributed by atoms with Gasteiger partial charge >= 0.3 is 0 Å². The Kier molecular flexibility index (Phi) is 6.43. The van der Waals surface area contributed by atoms with Gasteiger partial charge in [0.15, 0.2) is 0 Å². The van der Waals surface area contributed by atoms with E-state index in [0.29, 0.717) is 18.8 Å². The summed E-state index contributed by atoms with van der Waals surface area (Å²) < 4.78 is 14.2. The smallest absolute Gasteiger partial charge is 0.146 e. The van der Waals surface area contributed by atoms with Crippen molar-refractivity contribution >= 4 is 5.69 Å². The maximum Gasteiger partial charge on any atom is 0.146 e. The second kappa shape index (κ2) is 7.60. The van der Waals surface area contributed by atoms with E-state index in [0.717, 1.165) is 18.5 Å². The fraction of sp³-hybridized carbons (Fsp3) is 0.625. The lowest BCUT2D eigenvalue weighted by Gasteiger charge is -2.25. The van der Waals surface area contributed by atoms with Crippen LogP contribution in [0.4, 0.5) is 10.1 Å². The Morgan fingerprint density at radius 1 is 1.25 bits per heavy atom. The van der Waals surface area contributed by atoms with Gasteiger partial charge in [0.2, 0.25) is 0 Å². The average Bonchev–Trinajstić information content (AvgIpc) is 2.35. The number of hydrogen-bond acceptors (Lipinski definition) is 3. The molecule has 20 heavy (non-hydrogen) atoms. The number of aliphatic hydroxyl groups excluding tert-OH is 1. The number of nitrogens with zero attached hydrogens (tertiary/aromatic N) is 1. The van der Waals surface area contributed by atoms with E-state index in [2.05, 4.69) is 26.1 Å². The van der Waals surface area contributed by atoms with E-state index in [1.54, 1.807) is 12.1 Å². The average molecular weight is 282 g/mol. The molecule has 0 fully saturated rings. The molecule has 1 rings (SSSR count). The normalized spacial score (nSPS) is 11.7. The minimum absolute atomic E-state index is 0.0142. The quantitative estimate of drug-likeness (QED) is 0.807. The van der Waals surface area contributed by atoms with Crippen LogP contribution in [0.15, 0.2) is 18.2 Å². The second-order valence-corrected chi connectivity index (χ2v) is 6.10. The van der Waals surface area contributed by atoms with Gasteiger partial charge in [-0.1, -0.05) is 13.0 Å². The van der Waals surface area contributed by atoms with Gasteiger partial charge in [0.25, 0.3) is 0 Å². The van der Waals surface area contributed by atoms with Crippen LogP contribution in [0.2, 0.25) is 0 Å². The first-order chi connectivity index (χ1) is 9.37. The molecule has 0 unspecified atom stereocenters. The van der Waals surface area contributed by atoms with Gasteiger partial charge in [0, 0.05) is 25.2 Å². The molecule has 0 aliphatic heterocycles. The van der Waals surface area contributed by atoms with Crippen molar-refractivity contribution in [3.05, 3.63) is 29.6 Å². The molecule has 4 heteroatoms. The fourth-order valence-corrected chi connectivity index (χ4v) is 2.03. The van der Waals surface area contributed by atoms with E-state index in [9.17, 15) is 4.39 Å². The Morgan fingerprint density at radius 3 is 2.45 bits per heavy atom. The highest BCUT2D eigenvalue weighted by atomic mass is 19.1. The van der Waals surface area contributed by atoms with Crippen molar-refractivity contribution in [3.8, 4) is 0 Å². The maximum absolute atomic E-state index is 14.2. The lowest BCUT2D eigenvalue weighted by atomic mass is 10.1. The topological polar surface area (TPSA) is 35.5 Å². The van der Waals surface area contributed by atoms with Crippen molar-refractivity contribution < 1.29 is 9.50 Å². The molecule has 1 aromatic rings. The standard InChI is InChI=1S/C16H27FN2O/c1-5-8-19(9-10-20)15-7-6-13(11-14(15)17)12-18-16(2,3)4/h6-7,11,18,20H,5,8-10,12H2,1-4H3. The van der Waals surface area contributed by atoms with Crippen molar-refractivity contribution in [1.29, 1.82) is 0 Å². The molecule has 114 valence electrons. The first-order valence-corrected chi connectivity index (χ1v) is 7.26. The Labute approximate surface area is 121 Å². The lowest BCUT2D eigenvalue weighted by molar-refractivity contribution is 0.301. The van der Waals surface area contributed by atoms with Crippen molar-refractivity contribution in [2.45, 2.75) is 46.2 Å². The highest BCUT2D eigenvalue weighted by molar-refractivity contribution is 5.49. The van der Waals surface area contributed by atoms with E-state index in [-0.39, 0.29) is 18.0 Å². The van der Waals surface area contributed by atoms with Gasteiger partial charge in [-0.05, 0) is 44.9 Å². The zero-order valence-corrected chi connectivity index (χ0v) is 13.0. The van der Waals surface area contributed by atoms with Gasteiger partial charge in [-0.15, -0.1) is 0 Å². The molecular formula is C16H27FN2O. The van der Waals surface area contributed by atoms with Crippen LogP contribution in [0, 0.1) is 5.82 Å². The third kappa shape index (κ3) is 5.47. The minimum Gasteiger partial charge on any atom is -0.395 e. The second-order valence-electron chi connectivity index (χ2n) is 6.10. The van der Waals surface area contributed by atoms with Crippen LogP contribution in [-0.4, -0.2) is 30.3 Å². The summed E-state index contributed by atoms with van der Waals surface area (Å²) in [5.41, 5.74) is 1.52. The van der Waals surface area contributed by atoms with Gasteiger partial charge in [0.1, 0.15) is 5.82 Å².